The van der Waals surface area contributed by atoms with Gasteiger partial charge in [-0.05, 0) is 107 Å². The maximum absolute atomic E-state index is 13.1. The van der Waals surface area contributed by atoms with Crippen LogP contribution < -0.4 is 10.6 Å². The first-order valence-electron chi connectivity index (χ1n) is 15.5. The van der Waals surface area contributed by atoms with Crippen molar-refractivity contribution in [1.82, 2.24) is 25.6 Å². The van der Waals surface area contributed by atoms with Crippen molar-refractivity contribution in [2.45, 2.75) is 156 Å². The summed E-state index contributed by atoms with van der Waals surface area (Å²) in [5.74, 6) is -2.69. The SMILES string of the molecule is CC(C)(C)OC(=O)CCC(NC(=O)NC(CCCCn1cc(CCCCC(=O)O)nn1)C(=O)OC(C)(C)C)C(=O)OC(C)(C)C. The molecule has 2 amide bonds. The number of nitrogens with one attached hydrogen (secondary N) is 2. The summed E-state index contributed by atoms with van der Waals surface area (Å²) in [4.78, 5) is 61.9. The van der Waals surface area contributed by atoms with Crippen molar-refractivity contribution in [2.24, 2.45) is 0 Å². The van der Waals surface area contributed by atoms with Gasteiger partial charge in [0, 0.05) is 25.6 Å². The fourth-order valence-electron chi connectivity index (χ4n) is 4.02. The van der Waals surface area contributed by atoms with Gasteiger partial charge in [-0.2, -0.15) is 0 Å². The van der Waals surface area contributed by atoms with E-state index in [4.69, 9.17) is 19.3 Å². The zero-order valence-electron chi connectivity index (χ0n) is 28.4. The van der Waals surface area contributed by atoms with Crippen molar-refractivity contribution in [1.29, 1.82) is 0 Å². The van der Waals surface area contributed by atoms with Gasteiger partial charge < -0.3 is 30.0 Å². The largest absolute Gasteiger partial charge is 0.481 e. The maximum atomic E-state index is 13.1. The average molecular weight is 640 g/mol. The van der Waals surface area contributed by atoms with Crippen LogP contribution in [0.1, 0.15) is 119 Å². The summed E-state index contributed by atoms with van der Waals surface area (Å²) >= 11 is 0. The third-order valence-corrected chi connectivity index (χ3v) is 5.84. The van der Waals surface area contributed by atoms with Gasteiger partial charge in [0.05, 0.1) is 5.69 Å². The van der Waals surface area contributed by atoms with Gasteiger partial charge in [-0.25, -0.2) is 14.4 Å². The fraction of sp³-hybridized carbons (Fsp3) is 0.774. The van der Waals surface area contributed by atoms with E-state index >= 15 is 0 Å². The number of carboxylic acid groups (broad SMARTS) is 1. The summed E-state index contributed by atoms with van der Waals surface area (Å²) in [6.45, 7) is 16.0. The van der Waals surface area contributed by atoms with Crippen LogP contribution in [0.25, 0.3) is 0 Å². The number of esters is 3. The predicted molar refractivity (Wildman–Crippen MR) is 165 cm³/mol. The van der Waals surface area contributed by atoms with Crippen LogP contribution in [0.15, 0.2) is 6.20 Å². The lowest BCUT2D eigenvalue weighted by Gasteiger charge is -2.27. The van der Waals surface area contributed by atoms with Gasteiger partial charge in [0.15, 0.2) is 0 Å². The van der Waals surface area contributed by atoms with Crippen molar-refractivity contribution in [3.8, 4) is 0 Å². The molecule has 1 rings (SSSR count). The van der Waals surface area contributed by atoms with Crippen LogP contribution in [0, 0.1) is 0 Å². The number of hydrogen-bond donors (Lipinski definition) is 3. The zero-order valence-corrected chi connectivity index (χ0v) is 28.4. The number of carboxylic acids is 1. The molecule has 0 aliphatic carbocycles. The minimum absolute atomic E-state index is 0.0617. The number of aryl methyl sites for hydroxylation is 2. The molecule has 2 unspecified atom stereocenters. The van der Waals surface area contributed by atoms with E-state index in [1.54, 1.807) is 67.0 Å². The molecule has 0 saturated carbocycles. The molecule has 1 aromatic rings. The number of rotatable bonds is 17. The van der Waals surface area contributed by atoms with Crippen molar-refractivity contribution < 1.29 is 43.3 Å². The van der Waals surface area contributed by atoms with Crippen LogP contribution in [0.4, 0.5) is 4.79 Å². The number of ether oxygens (including phenoxy) is 3. The number of amides is 2. The van der Waals surface area contributed by atoms with E-state index in [9.17, 15) is 24.0 Å². The highest BCUT2D eigenvalue weighted by Gasteiger charge is 2.31. The number of unbranched alkanes of at least 4 members (excludes halogenated alkanes) is 2. The first kappa shape index (κ1) is 39.3. The second kappa shape index (κ2) is 17.7. The molecule has 1 heterocycles. The molecule has 14 nitrogen and oxygen atoms in total. The Kier molecular flexibility index (Phi) is 15.5. The van der Waals surface area contributed by atoms with Crippen LogP contribution in [-0.2, 0) is 46.4 Å². The zero-order chi connectivity index (χ0) is 34.4. The molecule has 3 N–H and O–H groups in total. The van der Waals surface area contributed by atoms with Gasteiger partial charge >= 0.3 is 29.9 Å². The lowest BCUT2D eigenvalue weighted by Crippen LogP contribution is -2.53. The molecule has 0 aliphatic rings. The molecule has 45 heavy (non-hydrogen) atoms. The second-order valence-electron chi connectivity index (χ2n) is 14.0. The normalized spacial score (nSPS) is 13.4. The van der Waals surface area contributed by atoms with E-state index in [1.807, 2.05) is 6.20 Å². The standard InChI is InChI=1S/C31H53N5O9/c1-29(2,3)43-25(39)18-17-23(27(41)45-31(7,8)9)33-28(42)32-22(26(40)44-30(4,5)6)15-12-13-19-36-20-21(34-35-36)14-10-11-16-24(37)38/h20,22-23H,10-19H2,1-9H3,(H,37,38)(H2,32,33,42). The molecule has 0 bridgehead atoms. The van der Waals surface area contributed by atoms with E-state index in [0.29, 0.717) is 38.6 Å². The Morgan fingerprint density at radius 3 is 1.80 bits per heavy atom. The Bertz CT molecular complexity index is 1130. The van der Waals surface area contributed by atoms with Crippen molar-refractivity contribution >= 4 is 29.9 Å². The maximum Gasteiger partial charge on any atom is 0.329 e. The third kappa shape index (κ3) is 19.3. The molecule has 0 aromatic carbocycles. The topological polar surface area (TPSA) is 188 Å². The average Bonchev–Trinajstić information content (AvgIpc) is 3.30. The first-order chi connectivity index (χ1) is 20.6. The van der Waals surface area contributed by atoms with E-state index in [1.165, 1.54) is 0 Å². The van der Waals surface area contributed by atoms with E-state index < -0.39 is 58.8 Å². The number of hydrogen-bond acceptors (Lipinski definition) is 10. The molecule has 1 aromatic heterocycles. The summed E-state index contributed by atoms with van der Waals surface area (Å²) in [7, 11) is 0. The lowest BCUT2D eigenvalue weighted by atomic mass is 10.1. The summed E-state index contributed by atoms with van der Waals surface area (Å²) in [5, 5.41) is 22.2. The van der Waals surface area contributed by atoms with Crippen molar-refractivity contribution in [2.75, 3.05) is 0 Å². The molecule has 0 saturated heterocycles. The Morgan fingerprint density at radius 2 is 1.29 bits per heavy atom. The van der Waals surface area contributed by atoms with Gasteiger partial charge in [0.25, 0.3) is 0 Å². The van der Waals surface area contributed by atoms with Gasteiger partial charge in [0.1, 0.15) is 28.9 Å². The van der Waals surface area contributed by atoms with Crippen molar-refractivity contribution in [3.05, 3.63) is 11.9 Å². The monoisotopic (exact) mass is 639 g/mol. The molecular weight excluding hydrogens is 586 g/mol. The molecule has 14 heteroatoms. The Morgan fingerprint density at radius 1 is 0.756 bits per heavy atom. The second-order valence-corrected chi connectivity index (χ2v) is 14.0. The van der Waals surface area contributed by atoms with Gasteiger partial charge in [0.2, 0.25) is 0 Å². The quantitative estimate of drug-likeness (QED) is 0.127. The molecule has 2 atom stereocenters. The first-order valence-corrected chi connectivity index (χ1v) is 15.5. The van der Waals surface area contributed by atoms with E-state index in [0.717, 1.165) is 5.69 Å². The summed E-state index contributed by atoms with van der Waals surface area (Å²) in [6, 6.07) is -2.95. The van der Waals surface area contributed by atoms with E-state index in [-0.39, 0.29) is 25.7 Å². The molecule has 0 fully saturated rings. The number of aliphatic carboxylic acids is 1. The summed E-state index contributed by atoms with van der Waals surface area (Å²) in [5.41, 5.74) is -1.55. The fourth-order valence-corrected chi connectivity index (χ4v) is 4.02. The summed E-state index contributed by atoms with van der Waals surface area (Å²) in [6.07, 6.45) is 5.05. The predicted octanol–water partition coefficient (Wildman–Crippen LogP) is 4.09. The lowest BCUT2D eigenvalue weighted by molar-refractivity contribution is -0.159. The van der Waals surface area contributed by atoms with Crippen LogP contribution in [0.3, 0.4) is 0 Å². The van der Waals surface area contributed by atoms with Gasteiger partial charge in [-0.3, -0.25) is 14.3 Å². The number of carbonyl (C=O) groups excluding carboxylic acids is 4. The van der Waals surface area contributed by atoms with Crippen LogP contribution >= 0.6 is 0 Å². The van der Waals surface area contributed by atoms with Crippen LogP contribution in [0.5, 0.6) is 0 Å². The van der Waals surface area contributed by atoms with Gasteiger partial charge in [-0.15, -0.1) is 5.10 Å². The molecule has 0 spiro atoms. The number of aromatic nitrogens is 3. The highest BCUT2D eigenvalue weighted by molar-refractivity contribution is 5.87. The molecule has 256 valence electrons. The highest BCUT2D eigenvalue weighted by Crippen LogP contribution is 2.15. The van der Waals surface area contributed by atoms with Crippen LogP contribution in [-0.4, -0.2) is 78.9 Å². The highest BCUT2D eigenvalue weighted by atomic mass is 16.6. The molecule has 0 aliphatic heterocycles. The number of nitrogens with zero attached hydrogens (tertiary/aromatic N) is 3. The summed E-state index contributed by atoms with van der Waals surface area (Å²) < 4.78 is 18.0. The minimum Gasteiger partial charge on any atom is -0.481 e. The van der Waals surface area contributed by atoms with E-state index in [2.05, 4.69) is 20.9 Å². The van der Waals surface area contributed by atoms with Crippen molar-refractivity contribution in [3.63, 3.8) is 0 Å². The van der Waals surface area contributed by atoms with Crippen LogP contribution in [0.2, 0.25) is 0 Å². The molecular formula is C31H53N5O9. The Labute approximate surface area is 266 Å². The Hall–Kier alpha value is -3.71. The third-order valence-electron chi connectivity index (χ3n) is 5.84. The minimum atomic E-state index is -1.17. The smallest absolute Gasteiger partial charge is 0.329 e. The number of urea groups is 1. The Balaban J connectivity index is 2.83. The number of carbonyl (C=O) groups is 5. The molecule has 0 radical (unpaired) electrons. The van der Waals surface area contributed by atoms with Gasteiger partial charge in [-0.1, -0.05) is 5.21 Å².